The van der Waals surface area contributed by atoms with Gasteiger partial charge < -0.3 is 10.5 Å². The van der Waals surface area contributed by atoms with Crippen LogP contribution in [-0.4, -0.2) is 43.3 Å². The summed E-state index contributed by atoms with van der Waals surface area (Å²) in [6.07, 6.45) is 2.50. The third-order valence-electron chi connectivity index (χ3n) is 3.08. The van der Waals surface area contributed by atoms with Gasteiger partial charge in [0.15, 0.2) is 0 Å². The fourth-order valence-electron chi connectivity index (χ4n) is 2.09. The maximum absolute atomic E-state index is 5.68. The zero-order chi connectivity index (χ0) is 11.3. The lowest BCUT2D eigenvalue weighted by atomic mass is 10.0. The second kappa shape index (κ2) is 5.83. The number of ether oxygens (including phenoxy) is 1. The Morgan fingerprint density at radius 3 is 2.80 bits per heavy atom. The molecule has 15 heavy (non-hydrogen) atoms. The summed E-state index contributed by atoms with van der Waals surface area (Å²) in [6, 6.07) is 0. The summed E-state index contributed by atoms with van der Waals surface area (Å²) in [5.74, 6) is 0.666. The Morgan fingerprint density at radius 1 is 1.47 bits per heavy atom. The maximum atomic E-state index is 5.68. The van der Waals surface area contributed by atoms with Gasteiger partial charge in [-0.25, -0.2) is 0 Å². The quantitative estimate of drug-likeness (QED) is 0.753. The fraction of sp³-hybridized carbons (Fsp3) is 1.00. The molecule has 3 heteroatoms. The summed E-state index contributed by atoms with van der Waals surface area (Å²) >= 11 is 0. The number of rotatable bonds is 5. The van der Waals surface area contributed by atoms with Gasteiger partial charge in [-0.3, -0.25) is 4.90 Å². The van der Waals surface area contributed by atoms with Crippen molar-refractivity contribution in [3.63, 3.8) is 0 Å². The molecule has 2 N–H and O–H groups in total. The van der Waals surface area contributed by atoms with Crippen LogP contribution >= 0.6 is 0 Å². The van der Waals surface area contributed by atoms with E-state index in [1.54, 1.807) is 0 Å². The molecule has 1 saturated heterocycles. The molecule has 0 aliphatic carbocycles. The summed E-state index contributed by atoms with van der Waals surface area (Å²) in [4.78, 5) is 2.51. The average Bonchev–Trinajstić information content (AvgIpc) is 2.16. The normalized spacial score (nSPS) is 24.0. The maximum Gasteiger partial charge on any atom is 0.0753 e. The number of morpholine rings is 1. The van der Waals surface area contributed by atoms with E-state index in [2.05, 4.69) is 25.7 Å². The van der Waals surface area contributed by atoms with Gasteiger partial charge in [0.1, 0.15) is 0 Å². The highest BCUT2D eigenvalue weighted by atomic mass is 16.5. The molecule has 0 amide bonds. The molecule has 0 bridgehead atoms. The Kier molecular flexibility index (Phi) is 5.03. The lowest BCUT2D eigenvalue weighted by molar-refractivity contribution is -0.0862. The molecule has 0 aromatic carbocycles. The van der Waals surface area contributed by atoms with Crippen molar-refractivity contribution in [2.75, 3.05) is 32.8 Å². The lowest BCUT2D eigenvalue weighted by Gasteiger charge is -2.38. The summed E-state index contributed by atoms with van der Waals surface area (Å²) in [5.41, 5.74) is 5.64. The molecule has 1 heterocycles. The minimum Gasteiger partial charge on any atom is -0.373 e. The van der Waals surface area contributed by atoms with E-state index in [0.29, 0.717) is 5.92 Å². The highest BCUT2D eigenvalue weighted by molar-refractivity contribution is 4.78. The van der Waals surface area contributed by atoms with Crippen LogP contribution in [-0.2, 0) is 4.74 Å². The van der Waals surface area contributed by atoms with E-state index in [0.717, 1.165) is 26.2 Å². The van der Waals surface area contributed by atoms with Crippen molar-refractivity contribution < 1.29 is 4.74 Å². The van der Waals surface area contributed by atoms with Gasteiger partial charge in [0.05, 0.1) is 12.2 Å². The minimum atomic E-state index is 0.0394. The van der Waals surface area contributed by atoms with Gasteiger partial charge >= 0.3 is 0 Å². The van der Waals surface area contributed by atoms with Crippen molar-refractivity contribution in [3.8, 4) is 0 Å². The molecule has 0 aromatic rings. The van der Waals surface area contributed by atoms with Gasteiger partial charge in [0, 0.05) is 13.1 Å². The van der Waals surface area contributed by atoms with Gasteiger partial charge in [-0.1, -0.05) is 6.92 Å². The smallest absolute Gasteiger partial charge is 0.0753 e. The first-order valence-corrected chi connectivity index (χ1v) is 6.10. The monoisotopic (exact) mass is 214 g/mol. The first-order chi connectivity index (χ1) is 7.03. The van der Waals surface area contributed by atoms with E-state index in [-0.39, 0.29) is 5.60 Å². The first kappa shape index (κ1) is 12.9. The second-order valence-corrected chi connectivity index (χ2v) is 5.37. The Bertz CT molecular complexity index is 182. The lowest BCUT2D eigenvalue weighted by Crippen LogP contribution is -2.48. The molecule has 1 unspecified atom stereocenters. The second-order valence-electron chi connectivity index (χ2n) is 5.37. The summed E-state index contributed by atoms with van der Waals surface area (Å²) < 4.78 is 5.68. The zero-order valence-electron chi connectivity index (χ0n) is 10.5. The van der Waals surface area contributed by atoms with E-state index >= 15 is 0 Å². The van der Waals surface area contributed by atoms with Gasteiger partial charge in [0.25, 0.3) is 0 Å². The van der Waals surface area contributed by atoms with Gasteiger partial charge in [-0.05, 0) is 45.7 Å². The van der Waals surface area contributed by atoms with Crippen molar-refractivity contribution in [1.82, 2.24) is 4.90 Å². The average molecular weight is 214 g/mol. The summed E-state index contributed by atoms with van der Waals surface area (Å²) in [6.45, 7) is 11.6. The Labute approximate surface area is 94.0 Å². The fourth-order valence-corrected chi connectivity index (χ4v) is 2.09. The van der Waals surface area contributed by atoms with E-state index in [4.69, 9.17) is 10.5 Å². The molecule has 1 atom stereocenters. The van der Waals surface area contributed by atoms with E-state index in [1.807, 2.05) is 0 Å². The van der Waals surface area contributed by atoms with Crippen molar-refractivity contribution >= 4 is 0 Å². The standard InChI is InChI=1S/C12H26N2O/c1-11(9-13)5-4-6-14-7-8-15-12(2,3)10-14/h11H,4-10,13H2,1-3H3. The van der Waals surface area contributed by atoms with Crippen molar-refractivity contribution in [1.29, 1.82) is 0 Å². The Hall–Kier alpha value is -0.120. The van der Waals surface area contributed by atoms with Gasteiger partial charge in [-0.15, -0.1) is 0 Å². The molecule has 0 radical (unpaired) electrons. The summed E-state index contributed by atoms with van der Waals surface area (Å²) in [5, 5.41) is 0. The zero-order valence-corrected chi connectivity index (χ0v) is 10.5. The van der Waals surface area contributed by atoms with E-state index < -0.39 is 0 Å². The van der Waals surface area contributed by atoms with Crippen molar-refractivity contribution in [2.45, 2.75) is 39.2 Å². The van der Waals surface area contributed by atoms with Crippen LogP contribution in [0.1, 0.15) is 33.6 Å². The number of hydrogen-bond donors (Lipinski definition) is 1. The van der Waals surface area contributed by atoms with Gasteiger partial charge in [0.2, 0.25) is 0 Å². The minimum absolute atomic E-state index is 0.0394. The number of nitrogens with zero attached hydrogens (tertiary/aromatic N) is 1. The first-order valence-electron chi connectivity index (χ1n) is 6.10. The SMILES string of the molecule is CC(CN)CCCN1CCOC(C)(C)C1. The van der Waals surface area contributed by atoms with Crippen LogP contribution < -0.4 is 5.73 Å². The molecule has 0 saturated carbocycles. The molecule has 1 rings (SSSR count). The van der Waals surface area contributed by atoms with Crippen LogP contribution in [0.4, 0.5) is 0 Å². The molecule has 90 valence electrons. The van der Waals surface area contributed by atoms with Gasteiger partial charge in [-0.2, -0.15) is 0 Å². The molecule has 1 aliphatic rings. The molecule has 1 fully saturated rings. The molecule has 1 aliphatic heterocycles. The predicted molar refractivity (Wildman–Crippen MR) is 63.9 cm³/mol. The van der Waals surface area contributed by atoms with Crippen LogP contribution in [0.25, 0.3) is 0 Å². The third kappa shape index (κ3) is 4.96. The van der Waals surface area contributed by atoms with E-state index in [1.165, 1.54) is 19.4 Å². The van der Waals surface area contributed by atoms with Crippen molar-refractivity contribution in [3.05, 3.63) is 0 Å². The van der Waals surface area contributed by atoms with Crippen LogP contribution in [0, 0.1) is 5.92 Å². The highest BCUT2D eigenvalue weighted by Gasteiger charge is 2.26. The molecular weight excluding hydrogens is 188 g/mol. The predicted octanol–water partition coefficient (Wildman–Crippen LogP) is 1.47. The number of nitrogens with two attached hydrogens (primary N) is 1. The molecule has 0 spiro atoms. The van der Waals surface area contributed by atoms with Crippen LogP contribution in [0.5, 0.6) is 0 Å². The summed E-state index contributed by atoms with van der Waals surface area (Å²) in [7, 11) is 0. The molecule has 3 nitrogen and oxygen atoms in total. The topological polar surface area (TPSA) is 38.5 Å². The molecule has 0 aromatic heterocycles. The third-order valence-corrected chi connectivity index (χ3v) is 3.08. The Morgan fingerprint density at radius 2 is 2.20 bits per heavy atom. The number of hydrogen-bond acceptors (Lipinski definition) is 3. The largest absolute Gasteiger partial charge is 0.373 e. The Balaban J connectivity index is 2.16. The highest BCUT2D eigenvalue weighted by Crippen LogP contribution is 2.17. The van der Waals surface area contributed by atoms with Crippen LogP contribution in [0.2, 0.25) is 0 Å². The molecular formula is C12H26N2O. The van der Waals surface area contributed by atoms with Crippen molar-refractivity contribution in [2.24, 2.45) is 11.7 Å². The van der Waals surface area contributed by atoms with E-state index in [9.17, 15) is 0 Å². The van der Waals surface area contributed by atoms with Crippen LogP contribution in [0.15, 0.2) is 0 Å². The van der Waals surface area contributed by atoms with Crippen LogP contribution in [0.3, 0.4) is 0 Å².